The predicted octanol–water partition coefficient (Wildman–Crippen LogP) is 3.42. The van der Waals surface area contributed by atoms with Gasteiger partial charge in [-0.1, -0.05) is 24.3 Å². The molecule has 3 amide bonds. The summed E-state index contributed by atoms with van der Waals surface area (Å²) in [7, 11) is 0. The zero-order valence-corrected chi connectivity index (χ0v) is 14.6. The molecular formula is C19H14F3N3O3. The van der Waals surface area contributed by atoms with Crippen LogP contribution in [0.15, 0.2) is 48.5 Å². The monoisotopic (exact) mass is 389 g/mol. The zero-order chi connectivity index (χ0) is 20.5. The summed E-state index contributed by atoms with van der Waals surface area (Å²) >= 11 is 0. The number of hydrogen-bond donors (Lipinski definition) is 1. The Balaban J connectivity index is 1.77. The summed E-state index contributed by atoms with van der Waals surface area (Å²) in [6.45, 7) is 1.44. The maximum Gasteiger partial charge on any atom is 0.573 e. The topological polar surface area (TPSA) is 82.4 Å². The van der Waals surface area contributed by atoms with Crippen LogP contribution in [0.1, 0.15) is 23.6 Å². The van der Waals surface area contributed by atoms with E-state index in [9.17, 15) is 22.8 Å². The number of imide groups is 1. The number of nitrogens with zero attached hydrogens (tertiary/aromatic N) is 2. The van der Waals surface area contributed by atoms with E-state index in [2.05, 4.69) is 10.1 Å². The molecule has 0 aliphatic carbocycles. The third-order valence-corrected chi connectivity index (χ3v) is 4.36. The summed E-state index contributed by atoms with van der Waals surface area (Å²) in [4.78, 5) is 26.2. The van der Waals surface area contributed by atoms with Crippen LogP contribution in [-0.4, -0.2) is 23.2 Å². The molecule has 1 aliphatic rings. The molecule has 0 radical (unpaired) electrons. The van der Waals surface area contributed by atoms with Crippen molar-refractivity contribution in [1.82, 2.24) is 10.2 Å². The van der Waals surface area contributed by atoms with Crippen LogP contribution in [-0.2, 0) is 16.9 Å². The molecule has 0 spiro atoms. The van der Waals surface area contributed by atoms with Crippen LogP contribution >= 0.6 is 0 Å². The summed E-state index contributed by atoms with van der Waals surface area (Å²) < 4.78 is 40.5. The Kier molecular flexibility index (Phi) is 4.73. The van der Waals surface area contributed by atoms with Crippen LogP contribution in [0.4, 0.5) is 18.0 Å². The van der Waals surface area contributed by atoms with Gasteiger partial charge in [-0.3, -0.25) is 9.69 Å². The fraction of sp³-hybridized carbons (Fsp3) is 0.211. The molecule has 2 aromatic carbocycles. The Morgan fingerprint density at radius 2 is 1.71 bits per heavy atom. The minimum absolute atomic E-state index is 0.108. The van der Waals surface area contributed by atoms with Crippen LogP contribution < -0.4 is 10.1 Å². The number of benzene rings is 2. The maximum absolute atomic E-state index is 12.9. The number of hydrogen-bond acceptors (Lipinski definition) is 4. The maximum atomic E-state index is 12.9. The molecule has 1 heterocycles. The fourth-order valence-electron chi connectivity index (χ4n) is 2.89. The minimum atomic E-state index is -4.80. The lowest BCUT2D eigenvalue weighted by Crippen LogP contribution is -2.40. The first kappa shape index (κ1) is 19.2. The van der Waals surface area contributed by atoms with Crippen molar-refractivity contribution in [1.29, 1.82) is 5.26 Å². The van der Waals surface area contributed by atoms with Crippen molar-refractivity contribution in [2.24, 2.45) is 0 Å². The van der Waals surface area contributed by atoms with Gasteiger partial charge >= 0.3 is 12.4 Å². The summed E-state index contributed by atoms with van der Waals surface area (Å²) in [5.74, 6) is -0.895. The molecule has 3 rings (SSSR count). The SMILES string of the molecule is CC1(c2ccc(C#N)cc2)NC(=O)N(Cc2ccc(OC(F)(F)F)cc2)C1=O. The Morgan fingerprint density at radius 3 is 2.25 bits per heavy atom. The molecule has 6 nitrogen and oxygen atoms in total. The summed E-state index contributed by atoms with van der Waals surface area (Å²) in [5, 5.41) is 11.5. The second-order valence-corrected chi connectivity index (χ2v) is 6.33. The third kappa shape index (κ3) is 3.76. The van der Waals surface area contributed by atoms with Crippen LogP contribution in [0.5, 0.6) is 5.75 Å². The number of urea groups is 1. The highest BCUT2D eigenvalue weighted by Gasteiger charge is 2.48. The molecule has 2 aromatic rings. The lowest BCUT2D eigenvalue weighted by atomic mass is 9.91. The molecule has 28 heavy (non-hydrogen) atoms. The molecule has 0 aromatic heterocycles. The molecule has 1 unspecified atom stereocenters. The van der Waals surface area contributed by atoms with Gasteiger partial charge in [-0.15, -0.1) is 13.2 Å². The predicted molar refractivity (Wildman–Crippen MR) is 90.7 cm³/mol. The molecule has 1 aliphatic heterocycles. The summed E-state index contributed by atoms with van der Waals surface area (Å²) in [6.07, 6.45) is -4.80. The van der Waals surface area contributed by atoms with E-state index < -0.39 is 29.6 Å². The first-order valence-corrected chi connectivity index (χ1v) is 8.12. The van der Waals surface area contributed by atoms with Gasteiger partial charge in [0, 0.05) is 0 Å². The highest BCUT2D eigenvalue weighted by Crippen LogP contribution is 2.30. The number of nitrogens with one attached hydrogen (secondary N) is 1. The Hall–Kier alpha value is -3.54. The standard InChI is InChI=1S/C19H14F3N3O3/c1-18(14-6-2-12(10-23)3-7-14)16(26)25(17(27)24-18)11-13-4-8-15(9-5-13)28-19(20,21)22/h2-9H,11H2,1H3,(H,24,27). The van der Waals surface area contributed by atoms with Gasteiger partial charge in [-0.25, -0.2) is 4.79 Å². The molecule has 0 saturated carbocycles. The van der Waals surface area contributed by atoms with Gasteiger partial charge in [0.25, 0.3) is 5.91 Å². The van der Waals surface area contributed by atoms with Gasteiger partial charge in [-0.2, -0.15) is 5.26 Å². The molecule has 1 atom stereocenters. The average Bonchev–Trinajstić information content (AvgIpc) is 2.86. The molecule has 1 saturated heterocycles. The highest BCUT2D eigenvalue weighted by atomic mass is 19.4. The second-order valence-electron chi connectivity index (χ2n) is 6.33. The van der Waals surface area contributed by atoms with E-state index in [4.69, 9.17) is 5.26 Å². The van der Waals surface area contributed by atoms with E-state index >= 15 is 0 Å². The van der Waals surface area contributed by atoms with E-state index in [1.54, 1.807) is 31.2 Å². The number of rotatable bonds is 4. The number of carbonyl (C=O) groups is 2. The normalized spacial score (nSPS) is 19.3. The molecule has 1 fully saturated rings. The van der Waals surface area contributed by atoms with Gasteiger partial charge in [-0.05, 0) is 42.3 Å². The van der Waals surface area contributed by atoms with E-state index in [-0.39, 0.29) is 6.54 Å². The van der Waals surface area contributed by atoms with Crippen molar-refractivity contribution in [3.63, 3.8) is 0 Å². The van der Waals surface area contributed by atoms with Crippen molar-refractivity contribution in [2.75, 3.05) is 0 Å². The van der Waals surface area contributed by atoms with E-state index in [1.165, 1.54) is 12.1 Å². The molecule has 144 valence electrons. The smallest absolute Gasteiger partial charge is 0.406 e. The number of amides is 3. The number of ether oxygens (including phenoxy) is 1. The molecule has 9 heteroatoms. The number of alkyl halides is 3. The van der Waals surface area contributed by atoms with Crippen molar-refractivity contribution in [2.45, 2.75) is 25.4 Å². The largest absolute Gasteiger partial charge is 0.573 e. The van der Waals surface area contributed by atoms with Crippen molar-refractivity contribution >= 4 is 11.9 Å². The van der Waals surface area contributed by atoms with Crippen molar-refractivity contribution < 1.29 is 27.5 Å². The second kappa shape index (κ2) is 6.88. The minimum Gasteiger partial charge on any atom is -0.406 e. The highest BCUT2D eigenvalue weighted by molar-refractivity contribution is 6.07. The van der Waals surface area contributed by atoms with Gasteiger partial charge in [0.05, 0.1) is 18.2 Å². The summed E-state index contributed by atoms with van der Waals surface area (Å²) in [6, 6.07) is 12.5. The number of halogens is 3. The van der Waals surface area contributed by atoms with E-state index in [0.29, 0.717) is 16.7 Å². The first-order chi connectivity index (χ1) is 13.1. The van der Waals surface area contributed by atoms with Gasteiger partial charge in [0.1, 0.15) is 11.3 Å². The van der Waals surface area contributed by atoms with Crippen LogP contribution in [0.3, 0.4) is 0 Å². The Bertz CT molecular complexity index is 950. The fourth-order valence-corrected chi connectivity index (χ4v) is 2.89. The zero-order valence-electron chi connectivity index (χ0n) is 14.6. The van der Waals surface area contributed by atoms with E-state index in [0.717, 1.165) is 17.0 Å². The van der Waals surface area contributed by atoms with Crippen LogP contribution in [0.25, 0.3) is 0 Å². The van der Waals surface area contributed by atoms with Crippen LogP contribution in [0, 0.1) is 11.3 Å². The third-order valence-electron chi connectivity index (χ3n) is 4.36. The van der Waals surface area contributed by atoms with Crippen molar-refractivity contribution in [3.05, 3.63) is 65.2 Å². The summed E-state index contributed by atoms with van der Waals surface area (Å²) in [5.41, 5.74) is 0.0928. The number of nitriles is 1. The average molecular weight is 389 g/mol. The molecule has 0 bridgehead atoms. The lowest BCUT2D eigenvalue weighted by molar-refractivity contribution is -0.274. The van der Waals surface area contributed by atoms with Crippen molar-refractivity contribution in [3.8, 4) is 11.8 Å². The molecule has 1 N–H and O–H groups in total. The van der Waals surface area contributed by atoms with E-state index in [1.807, 2.05) is 6.07 Å². The van der Waals surface area contributed by atoms with Gasteiger partial charge in [0.15, 0.2) is 0 Å². The Morgan fingerprint density at radius 1 is 1.11 bits per heavy atom. The Labute approximate surface area is 158 Å². The first-order valence-electron chi connectivity index (χ1n) is 8.12. The van der Waals surface area contributed by atoms with Crippen LogP contribution in [0.2, 0.25) is 0 Å². The number of carbonyl (C=O) groups excluding carboxylic acids is 2. The lowest BCUT2D eigenvalue weighted by Gasteiger charge is -2.22. The molecular weight excluding hydrogens is 375 g/mol. The quantitative estimate of drug-likeness (QED) is 0.813. The van der Waals surface area contributed by atoms with Gasteiger partial charge in [0.2, 0.25) is 0 Å². The van der Waals surface area contributed by atoms with Gasteiger partial charge < -0.3 is 10.1 Å².